The highest BCUT2D eigenvalue weighted by Gasteiger charge is 2.47. The van der Waals surface area contributed by atoms with Gasteiger partial charge in [-0.25, -0.2) is 4.98 Å². The number of para-hydroxylation sites is 2. The normalized spacial score (nSPS) is 11.2. The molecule has 0 bridgehead atoms. The average molecular weight is 549 g/mol. The molecule has 0 aliphatic carbocycles. The van der Waals surface area contributed by atoms with Crippen LogP contribution in [0.2, 0.25) is 0 Å². The van der Waals surface area contributed by atoms with E-state index in [0.717, 1.165) is 23.0 Å². The Morgan fingerprint density at radius 1 is 0.556 bits per heavy atom. The van der Waals surface area contributed by atoms with Gasteiger partial charge in [-0.3, -0.25) is 0 Å². The number of aromatic amines is 1. The van der Waals surface area contributed by atoms with Crippen LogP contribution in [0.5, 0.6) is 0 Å². The minimum Gasteiger partial charge on any atom is -1.00 e. The van der Waals surface area contributed by atoms with Gasteiger partial charge >= 0.3 is 0 Å². The van der Waals surface area contributed by atoms with Crippen LogP contribution in [0.3, 0.4) is 0 Å². The van der Waals surface area contributed by atoms with Crippen molar-refractivity contribution in [3.63, 3.8) is 0 Å². The molecule has 1 aromatic heterocycles. The van der Waals surface area contributed by atoms with E-state index in [-0.39, 0.29) is 17.0 Å². The lowest BCUT2D eigenvalue weighted by atomic mass is 10.2. The molecule has 2 nitrogen and oxygen atoms in total. The van der Waals surface area contributed by atoms with Gasteiger partial charge in [0.05, 0.1) is 22.8 Å². The summed E-state index contributed by atoms with van der Waals surface area (Å²) in [7, 11) is -2.08. The van der Waals surface area contributed by atoms with E-state index in [1.165, 1.54) is 27.0 Å². The van der Waals surface area contributed by atoms with Crippen molar-refractivity contribution in [2.24, 2.45) is 0 Å². The molecule has 176 valence electrons. The fourth-order valence-electron chi connectivity index (χ4n) is 5.00. The van der Waals surface area contributed by atoms with Gasteiger partial charge in [0.1, 0.15) is 29.0 Å². The first-order valence-corrected chi connectivity index (χ1v) is 13.9. The van der Waals surface area contributed by atoms with Crippen molar-refractivity contribution in [3.8, 4) is 11.4 Å². The highest BCUT2D eigenvalue weighted by molar-refractivity contribution is 7.95. The summed E-state index contributed by atoms with van der Waals surface area (Å²) in [5.74, 6) is 0.922. The first-order valence-electron chi connectivity index (χ1n) is 11.9. The highest BCUT2D eigenvalue weighted by Crippen LogP contribution is 2.59. The Kier molecular flexibility index (Phi) is 7.13. The summed E-state index contributed by atoms with van der Waals surface area (Å²) < 4.78 is 0. The van der Waals surface area contributed by atoms with Crippen molar-refractivity contribution < 1.29 is 17.0 Å². The first kappa shape index (κ1) is 24.2. The van der Waals surface area contributed by atoms with E-state index >= 15 is 0 Å². The molecule has 0 atom stereocenters. The van der Waals surface area contributed by atoms with Gasteiger partial charge in [-0.2, -0.15) is 0 Å². The maximum Gasteiger partial charge on any atom is 0.142 e. The standard InChI is InChI=1S/C32H26N2P.BrH/c1-4-14-25(15-5-1)24-35(26-16-6-2-7-17-26,27-18-8-3-9-19-27)31-23-13-10-20-28(31)32-33-29-21-11-12-22-30(29)34-32;/h1-23H,24H2,(H,33,34);1H/q+1;/p-1. The molecule has 6 rings (SSSR count). The lowest BCUT2D eigenvalue weighted by Crippen LogP contribution is -3.00. The summed E-state index contributed by atoms with van der Waals surface area (Å²) in [6.45, 7) is 0. The van der Waals surface area contributed by atoms with Crippen LogP contribution in [-0.4, -0.2) is 9.97 Å². The molecule has 0 fully saturated rings. The Labute approximate surface area is 223 Å². The van der Waals surface area contributed by atoms with Gasteiger partial charge in [-0.15, -0.1) is 0 Å². The van der Waals surface area contributed by atoms with Crippen molar-refractivity contribution >= 4 is 34.2 Å². The summed E-state index contributed by atoms with van der Waals surface area (Å²) in [6.07, 6.45) is 0.944. The zero-order valence-electron chi connectivity index (χ0n) is 19.8. The second-order valence-electron chi connectivity index (χ2n) is 8.74. The summed E-state index contributed by atoms with van der Waals surface area (Å²) in [6, 6.07) is 50.1. The monoisotopic (exact) mass is 548 g/mol. The number of hydrogen-bond donors (Lipinski definition) is 1. The van der Waals surface area contributed by atoms with Crippen molar-refractivity contribution in [2.75, 3.05) is 0 Å². The van der Waals surface area contributed by atoms with Gasteiger partial charge in [0.25, 0.3) is 0 Å². The van der Waals surface area contributed by atoms with Crippen LogP contribution < -0.4 is 32.9 Å². The maximum atomic E-state index is 5.01. The van der Waals surface area contributed by atoms with Crippen LogP contribution in [-0.2, 0) is 6.16 Å². The number of hydrogen-bond acceptors (Lipinski definition) is 1. The van der Waals surface area contributed by atoms with E-state index in [4.69, 9.17) is 4.98 Å². The predicted molar refractivity (Wildman–Crippen MR) is 150 cm³/mol. The van der Waals surface area contributed by atoms with E-state index in [2.05, 4.69) is 138 Å². The van der Waals surface area contributed by atoms with Crippen LogP contribution in [0.4, 0.5) is 0 Å². The number of nitrogens with one attached hydrogen (secondary N) is 1. The number of H-pyrrole nitrogens is 1. The molecular formula is C32H26BrN2P. The number of halogens is 1. The maximum absolute atomic E-state index is 5.01. The number of aromatic nitrogens is 2. The van der Waals surface area contributed by atoms with E-state index < -0.39 is 7.26 Å². The number of fused-ring (bicyclic) bond motifs is 1. The van der Waals surface area contributed by atoms with Crippen molar-refractivity contribution in [1.82, 2.24) is 9.97 Å². The average Bonchev–Trinajstić information content (AvgIpc) is 3.38. The first-order chi connectivity index (χ1) is 17.3. The van der Waals surface area contributed by atoms with Gasteiger partial charge < -0.3 is 22.0 Å². The third-order valence-electron chi connectivity index (χ3n) is 6.62. The second-order valence-corrected chi connectivity index (χ2v) is 12.2. The Morgan fingerprint density at radius 2 is 1.08 bits per heavy atom. The molecule has 6 aromatic rings. The van der Waals surface area contributed by atoms with Crippen molar-refractivity contribution in [3.05, 3.63) is 145 Å². The minimum atomic E-state index is -2.08. The van der Waals surface area contributed by atoms with Gasteiger partial charge in [-0.1, -0.05) is 91.0 Å². The van der Waals surface area contributed by atoms with Gasteiger partial charge in [0.2, 0.25) is 0 Å². The molecule has 0 unspecified atom stereocenters. The molecule has 36 heavy (non-hydrogen) atoms. The van der Waals surface area contributed by atoms with Crippen LogP contribution in [0.1, 0.15) is 5.56 Å². The van der Waals surface area contributed by atoms with Crippen LogP contribution in [0, 0.1) is 0 Å². The SMILES string of the molecule is [Br-].c1ccc(C[P+](c2ccccc2)(c2ccccc2)c2ccccc2-c2nc3ccccc3[nH]2)cc1. The van der Waals surface area contributed by atoms with Crippen LogP contribution in [0.15, 0.2) is 140 Å². The molecular weight excluding hydrogens is 523 g/mol. The van der Waals surface area contributed by atoms with Crippen molar-refractivity contribution in [1.29, 1.82) is 0 Å². The largest absolute Gasteiger partial charge is 1.00 e. The third kappa shape index (κ3) is 4.41. The van der Waals surface area contributed by atoms with E-state index in [1.54, 1.807) is 0 Å². The molecule has 0 amide bonds. The zero-order valence-corrected chi connectivity index (χ0v) is 22.2. The molecule has 0 aliphatic heterocycles. The lowest BCUT2D eigenvalue weighted by molar-refractivity contribution is -0.00000686. The van der Waals surface area contributed by atoms with Crippen molar-refractivity contribution in [2.45, 2.75) is 6.16 Å². The van der Waals surface area contributed by atoms with Gasteiger partial charge in [-0.05, 0) is 54.1 Å². The lowest BCUT2D eigenvalue weighted by Gasteiger charge is -2.29. The molecule has 0 spiro atoms. The quantitative estimate of drug-likeness (QED) is 0.316. The number of nitrogens with zero attached hydrogens (tertiary/aromatic N) is 1. The fraction of sp³-hybridized carbons (Fsp3) is 0.0312. The Bertz CT molecular complexity index is 1490. The summed E-state index contributed by atoms with van der Waals surface area (Å²) in [4.78, 5) is 8.61. The third-order valence-corrected chi connectivity index (χ3v) is 11.0. The molecule has 0 aliphatic rings. The Morgan fingerprint density at radius 3 is 1.72 bits per heavy atom. The smallest absolute Gasteiger partial charge is 0.142 e. The molecule has 1 N–H and O–H groups in total. The number of imidazole rings is 1. The highest BCUT2D eigenvalue weighted by atomic mass is 79.9. The minimum absolute atomic E-state index is 0. The Hall–Kier alpha value is -3.52. The summed E-state index contributed by atoms with van der Waals surface area (Å²) in [5.41, 5.74) is 4.56. The van der Waals surface area contributed by atoms with Crippen LogP contribution in [0.25, 0.3) is 22.4 Å². The number of rotatable bonds is 6. The molecule has 4 heteroatoms. The molecule has 0 saturated heterocycles. The molecule has 0 saturated carbocycles. The van der Waals surface area contributed by atoms with Gasteiger partial charge in [0.15, 0.2) is 0 Å². The molecule has 0 radical (unpaired) electrons. The molecule has 5 aromatic carbocycles. The molecule has 1 heterocycles. The number of benzene rings is 5. The van der Waals surface area contributed by atoms with E-state index in [1.807, 2.05) is 6.07 Å². The summed E-state index contributed by atoms with van der Waals surface area (Å²) >= 11 is 0. The topological polar surface area (TPSA) is 28.7 Å². The summed E-state index contributed by atoms with van der Waals surface area (Å²) in [5, 5.41) is 4.09. The predicted octanol–water partition coefficient (Wildman–Crippen LogP) is 3.73. The van der Waals surface area contributed by atoms with E-state index in [0.29, 0.717) is 0 Å². The Balaban J connectivity index is 0.00000267. The van der Waals surface area contributed by atoms with Crippen LogP contribution >= 0.6 is 7.26 Å². The fourth-order valence-corrected chi connectivity index (χ4v) is 9.45. The van der Waals surface area contributed by atoms with E-state index in [9.17, 15) is 0 Å². The second kappa shape index (κ2) is 10.6. The zero-order chi connectivity index (χ0) is 23.5. The van der Waals surface area contributed by atoms with Gasteiger partial charge in [0, 0.05) is 0 Å².